The summed E-state index contributed by atoms with van der Waals surface area (Å²) in [5, 5.41) is 0. The minimum atomic E-state index is 0.409. The van der Waals surface area contributed by atoms with Crippen LogP contribution < -0.4 is 10.6 Å². The zero-order chi connectivity index (χ0) is 13.0. The van der Waals surface area contributed by atoms with Crippen LogP contribution in [0, 0.1) is 5.92 Å². The van der Waals surface area contributed by atoms with Crippen molar-refractivity contribution < 1.29 is 4.74 Å². The Bertz CT molecular complexity index is 422. The molecule has 1 saturated heterocycles. The molecule has 4 nitrogen and oxygen atoms in total. The highest BCUT2D eigenvalue weighted by Gasteiger charge is 2.22. The number of hydrogen-bond acceptors (Lipinski definition) is 4. The Labute approximate surface area is 113 Å². The van der Waals surface area contributed by atoms with E-state index < -0.39 is 0 Å². The van der Waals surface area contributed by atoms with Crippen molar-refractivity contribution in [3.05, 3.63) is 23.9 Å². The summed E-state index contributed by atoms with van der Waals surface area (Å²) < 4.78 is 5.25. The monoisotopic (exact) mass is 265 g/mol. The van der Waals surface area contributed by atoms with Crippen LogP contribution in [0.4, 0.5) is 5.82 Å². The second kappa shape index (κ2) is 6.11. The van der Waals surface area contributed by atoms with Crippen molar-refractivity contribution in [1.29, 1.82) is 0 Å². The average molecular weight is 265 g/mol. The lowest BCUT2D eigenvalue weighted by molar-refractivity contribution is 0.143. The quantitative estimate of drug-likeness (QED) is 0.838. The van der Waals surface area contributed by atoms with Gasteiger partial charge in [0.05, 0.1) is 12.2 Å². The summed E-state index contributed by atoms with van der Waals surface area (Å²) in [6.07, 6.45) is 4.15. The Morgan fingerprint density at radius 2 is 2.50 bits per heavy atom. The third-order valence-corrected chi connectivity index (χ3v) is 3.49. The van der Waals surface area contributed by atoms with Crippen LogP contribution in [0.1, 0.15) is 18.4 Å². The van der Waals surface area contributed by atoms with E-state index in [0.717, 1.165) is 37.5 Å². The number of methoxy groups -OCH3 is 1. The summed E-state index contributed by atoms with van der Waals surface area (Å²) in [6, 6.07) is 3.80. The maximum atomic E-state index is 5.75. The van der Waals surface area contributed by atoms with E-state index in [1.54, 1.807) is 13.3 Å². The van der Waals surface area contributed by atoms with Gasteiger partial charge in [0.1, 0.15) is 10.8 Å². The number of piperidine rings is 1. The molecule has 2 heterocycles. The number of nitrogens with two attached hydrogens (primary N) is 1. The van der Waals surface area contributed by atoms with E-state index >= 15 is 0 Å². The van der Waals surface area contributed by atoms with E-state index in [1.165, 1.54) is 6.42 Å². The molecular formula is C13H19N3OS. The van der Waals surface area contributed by atoms with Gasteiger partial charge in [0.15, 0.2) is 0 Å². The van der Waals surface area contributed by atoms with E-state index in [9.17, 15) is 0 Å². The molecule has 1 unspecified atom stereocenters. The molecule has 1 aromatic heterocycles. The Morgan fingerprint density at radius 3 is 3.22 bits per heavy atom. The topological polar surface area (TPSA) is 51.4 Å². The lowest BCUT2D eigenvalue weighted by Gasteiger charge is -2.34. The summed E-state index contributed by atoms with van der Waals surface area (Å²) in [5.74, 6) is 1.47. The van der Waals surface area contributed by atoms with Crippen molar-refractivity contribution in [2.24, 2.45) is 11.7 Å². The fourth-order valence-electron chi connectivity index (χ4n) is 2.47. The van der Waals surface area contributed by atoms with Crippen molar-refractivity contribution in [1.82, 2.24) is 4.98 Å². The van der Waals surface area contributed by atoms with Gasteiger partial charge in [-0.25, -0.2) is 4.98 Å². The van der Waals surface area contributed by atoms with Gasteiger partial charge in [0.2, 0.25) is 0 Å². The minimum absolute atomic E-state index is 0.409. The van der Waals surface area contributed by atoms with Crippen LogP contribution in [0.2, 0.25) is 0 Å². The zero-order valence-corrected chi connectivity index (χ0v) is 11.4. The molecule has 1 aliphatic rings. The molecule has 0 radical (unpaired) electrons. The number of pyridine rings is 1. The third kappa shape index (κ3) is 2.97. The molecule has 5 heteroatoms. The van der Waals surface area contributed by atoms with Gasteiger partial charge in [-0.15, -0.1) is 0 Å². The second-order valence-corrected chi connectivity index (χ2v) is 5.09. The summed E-state index contributed by atoms with van der Waals surface area (Å²) >= 11 is 5.09. The molecule has 0 amide bonds. The number of hydrogen-bond donors (Lipinski definition) is 1. The predicted molar refractivity (Wildman–Crippen MR) is 76.9 cm³/mol. The molecule has 1 atom stereocenters. The van der Waals surface area contributed by atoms with Gasteiger partial charge >= 0.3 is 0 Å². The number of anilines is 1. The first-order valence-electron chi connectivity index (χ1n) is 6.21. The zero-order valence-electron chi connectivity index (χ0n) is 10.6. The van der Waals surface area contributed by atoms with Crippen LogP contribution >= 0.6 is 12.2 Å². The number of rotatable bonds is 4. The maximum absolute atomic E-state index is 5.75. The van der Waals surface area contributed by atoms with E-state index in [-0.39, 0.29) is 0 Å². The highest BCUT2D eigenvalue weighted by atomic mass is 32.1. The first-order chi connectivity index (χ1) is 8.72. The van der Waals surface area contributed by atoms with Crippen molar-refractivity contribution in [3.63, 3.8) is 0 Å². The molecule has 2 rings (SSSR count). The number of thiocarbonyl (C=S) groups is 1. The largest absolute Gasteiger partial charge is 0.389 e. The van der Waals surface area contributed by atoms with Crippen LogP contribution in [0.3, 0.4) is 0 Å². The van der Waals surface area contributed by atoms with Gasteiger partial charge in [-0.1, -0.05) is 12.2 Å². The molecule has 0 saturated carbocycles. The summed E-state index contributed by atoms with van der Waals surface area (Å²) in [5.41, 5.74) is 6.62. The molecule has 0 spiro atoms. The van der Waals surface area contributed by atoms with Crippen LogP contribution in [0.15, 0.2) is 18.3 Å². The van der Waals surface area contributed by atoms with Crippen LogP contribution in [-0.2, 0) is 4.74 Å². The molecule has 0 aliphatic carbocycles. The number of nitrogens with zero attached hydrogens (tertiary/aromatic N) is 2. The molecule has 98 valence electrons. The molecule has 1 fully saturated rings. The molecule has 0 aromatic carbocycles. The Balaban J connectivity index is 2.18. The predicted octanol–water partition coefficient (Wildman–Crippen LogP) is 1.58. The van der Waals surface area contributed by atoms with E-state index in [0.29, 0.717) is 10.9 Å². The third-order valence-electron chi connectivity index (χ3n) is 3.27. The maximum Gasteiger partial charge on any atom is 0.138 e. The summed E-state index contributed by atoms with van der Waals surface area (Å²) in [4.78, 5) is 7.11. The van der Waals surface area contributed by atoms with Gasteiger partial charge < -0.3 is 15.4 Å². The van der Waals surface area contributed by atoms with E-state index in [2.05, 4.69) is 9.88 Å². The van der Waals surface area contributed by atoms with Crippen LogP contribution in [0.25, 0.3) is 0 Å². The minimum Gasteiger partial charge on any atom is -0.389 e. The van der Waals surface area contributed by atoms with Gasteiger partial charge in [-0.3, -0.25) is 0 Å². The van der Waals surface area contributed by atoms with Gasteiger partial charge in [0, 0.05) is 26.4 Å². The van der Waals surface area contributed by atoms with Crippen molar-refractivity contribution >= 4 is 23.0 Å². The number of aromatic nitrogens is 1. The molecule has 18 heavy (non-hydrogen) atoms. The summed E-state index contributed by atoms with van der Waals surface area (Å²) in [7, 11) is 1.75. The Kier molecular flexibility index (Phi) is 4.49. The lowest BCUT2D eigenvalue weighted by Crippen LogP contribution is -2.38. The molecule has 1 aromatic rings. The highest BCUT2D eigenvalue weighted by molar-refractivity contribution is 7.80. The van der Waals surface area contributed by atoms with Crippen molar-refractivity contribution in [2.45, 2.75) is 12.8 Å². The van der Waals surface area contributed by atoms with Gasteiger partial charge in [-0.05, 0) is 30.9 Å². The number of ether oxygens (including phenoxy) is 1. The SMILES string of the molecule is COCC1CCCN(c2ncccc2C(N)=S)C1. The normalized spacial score (nSPS) is 19.8. The van der Waals surface area contributed by atoms with Crippen LogP contribution in [-0.4, -0.2) is 36.8 Å². The Hall–Kier alpha value is -1.20. The van der Waals surface area contributed by atoms with Crippen molar-refractivity contribution in [3.8, 4) is 0 Å². The highest BCUT2D eigenvalue weighted by Crippen LogP contribution is 2.24. The fourth-order valence-corrected chi connectivity index (χ4v) is 2.63. The fraction of sp³-hybridized carbons (Fsp3) is 0.538. The smallest absolute Gasteiger partial charge is 0.138 e. The Morgan fingerprint density at radius 1 is 1.67 bits per heavy atom. The molecule has 2 N–H and O–H groups in total. The standard InChI is InChI=1S/C13H19N3OS/c1-17-9-10-4-3-7-16(8-10)13-11(12(14)18)5-2-6-15-13/h2,5-6,10H,3-4,7-9H2,1H3,(H2,14,18). The second-order valence-electron chi connectivity index (χ2n) is 4.65. The first kappa shape index (κ1) is 13.2. The molecule has 0 bridgehead atoms. The molecule has 1 aliphatic heterocycles. The van der Waals surface area contributed by atoms with E-state index in [1.807, 2.05) is 12.1 Å². The summed E-state index contributed by atoms with van der Waals surface area (Å²) in [6.45, 7) is 2.76. The van der Waals surface area contributed by atoms with Crippen molar-refractivity contribution in [2.75, 3.05) is 31.7 Å². The van der Waals surface area contributed by atoms with Gasteiger partial charge in [0.25, 0.3) is 0 Å². The average Bonchev–Trinajstić information content (AvgIpc) is 2.39. The molecular weight excluding hydrogens is 246 g/mol. The van der Waals surface area contributed by atoms with E-state index in [4.69, 9.17) is 22.7 Å². The van der Waals surface area contributed by atoms with Gasteiger partial charge in [-0.2, -0.15) is 0 Å². The van der Waals surface area contributed by atoms with Crippen LogP contribution in [0.5, 0.6) is 0 Å². The first-order valence-corrected chi connectivity index (χ1v) is 6.62. The lowest BCUT2D eigenvalue weighted by atomic mass is 9.98.